The summed E-state index contributed by atoms with van der Waals surface area (Å²) in [6, 6.07) is 6.24. The maximum absolute atomic E-state index is 6.04. The number of rotatable bonds is 5. The number of ether oxygens (including phenoxy) is 1. The fourth-order valence-electron chi connectivity index (χ4n) is 1.53. The van der Waals surface area contributed by atoms with E-state index in [1.54, 1.807) is 0 Å². The van der Waals surface area contributed by atoms with Gasteiger partial charge in [0.05, 0.1) is 0 Å². The largest absolute Gasteiger partial charge is 0.492 e. The van der Waals surface area contributed by atoms with Gasteiger partial charge in [0.15, 0.2) is 0 Å². The van der Waals surface area contributed by atoms with Gasteiger partial charge in [-0.15, -0.1) is 0 Å². The Morgan fingerprint density at radius 1 is 1.31 bits per heavy atom. The van der Waals surface area contributed by atoms with Gasteiger partial charge in [0.1, 0.15) is 12.4 Å². The normalized spacial score (nSPS) is 14.6. The first kappa shape index (κ1) is 13.0. The molecule has 0 aliphatic heterocycles. The topological polar surface area (TPSA) is 35.2 Å². The smallest absolute Gasteiger partial charge is 0.122 e. The van der Waals surface area contributed by atoms with Crippen LogP contribution in [0.5, 0.6) is 5.75 Å². The van der Waals surface area contributed by atoms with Crippen molar-refractivity contribution in [1.82, 2.24) is 0 Å². The van der Waals surface area contributed by atoms with Crippen LogP contribution in [0.25, 0.3) is 0 Å². The van der Waals surface area contributed by atoms with Crippen LogP contribution in [0.1, 0.15) is 31.4 Å². The predicted molar refractivity (Wildman–Crippen MR) is 68.8 cm³/mol. The zero-order valence-corrected chi connectivity index (χ0v) is 10.8. The second kappa shape index (κ2) is 5.90. The van der Waals surface area contributed by atoms with Crippen molar-refractivity contribution in [2.24, 2.45) is 11.7 Å². The molecule has 16 heavy (non-hydrogen) atoms. The molecule has 2 N–H and O–H groups in total. The van der Waals surface area contributed by atoms with Gasteiger partial charge in [-0.3, -0.25) is 0 Å². The van der Waals surface area contributed by atoms with Gasteiger partial charge in [-0.1, -0.05) is 32.4 Å². The quantitative estimate of drug-likeness (QED) is 0.829. The van der Waals surface area contributed by atoms with Crippen LogP contribution < -0.4 is 10.5 Å². The lowest BCUT2D eigenvalue weighted by atomic mass is 10.0. The predicted octanol–water partition coefficient (Wildman–Crippen LogP) is 3.06. The molecule has 0 spiro atoms. The minimum absolute atomic E-state index is 0.116. The lowest BCUT2D eigenvalue weighted by molar-refractivity contribution is 0.249. The molecule has 0 aliphatic carbocycles. The summed E-state index contributed by atoms with van der Waals surface area (Å²) in [6.45, 7) is 9.09. The van der Waals surface area contributed by atoms with Crippen molar-refractivity contribution in [3.05, 3.63) is 29.3 Å². The van der Waals surface area contributed by atoms with Crippen LogP contribution in [-0.2, 0) is 0 Å². The fraction of sp³-hybridized carbons (Fsp3) is 0.571. The molecule has 90 valence electrons. The second-order valence-corrected chi connectivity index (χ2v) is 4.56. The highest BCUT2D eigenvalue weighted by atomic mass is 16.5. The lowest BCUT2D eigenvalue weighted by Gasteiger charge is -2.19. The van der Waals surface area contributed by atoms with Gasteiger partial charge in [-0.2, -0.15) is 0 Å². The highest BCUT2D eigenvalue weighted by Gasteiger charge is 2.12. The van der Waals surface area contributed by atoms with E-state index in [1.165, 1.54) is 11.1 Å². The Labute approximate surface area is 98.8 Å². The van der Waals surface area contributed by atoms with E-state index in [-0.39, 0.29) is 6.04 Å². The van der Waals surface area contributed by atoms with Crippen LogP contribution in [0.2, 0.25) is 0 Å². The molecule has 0 heterocycles. The molecule has 0 aliphatic rings. The zero-order chi connectivity index (χ0) is 12.1. The van der Waals surface area contributed by atoms with E-state index in [9.17, 15) is 0 Å². The van der Waals surface area contributed by atoms with Gasteiger partial charge >= 0.3 is 0 Å². The lowest BCUT2D eigenvalue weighted by Crippen LogP contribution is -2.34. The Kier molecular flexibility index (Phi) is 4.81. The van der Waals surface area contributed by atoms with Gasteiger partial charge in [0, 0.05) is 6.04 Å². The molecule has 2 heteroatoms. The van der Waals surface area contributed by atoms with Crippen LogP contribution in [-0.4, -0.2) is 12.6 Å². The first-order valence-corrected chi connectivity index (χ1v) is 6.00. The molecule has 2 atom stereocenters. The van der Waals surface area contributed by atoms with Crippen LogP contribution >= 0.6 is 0 Å². The Hall–Kier alpha value is -1.02. The molecule has 0 saturated heterocycles. The number of nitrogens with two attached hydrogens (primary N) is 1. The number of hydrogen-bond donors (Lipinski definition) is 1. The van der Waals surface area contributed by atoms with Gasteiger partial charge in [-0.05, 0) is 37.0 Å². The van der Waals surface area contributed by atoms with Crippen LogP contribution in [0.4, 0.5) is 0 Å². The molecule has 0 saturated carbocycles. The third kappa shape index (κ3) is 3.24. The second-order valence-electron chi connectivity index (χ2n) is 4.56. The summed E-state index contributed by atoms with van der Waals surface area (Å²) in [6.07, 6.45) is 1.09. The van der Waals surface area contributed by atoms with Crippen molar-refractivity contribution in [3.8, 4) is 5.75 Å². The van der Waals surface area contributed by atoms with E-state index in [4.69, 9.17) is 10.5 Å². The molecule has 2 nitrogen and oxygen atoms in total. The van der Waals surface area contributed by atoms with E-state index in [0.29, 0.717) is 12.5 Å². The van der Waals surface area contributed by atoms with Crippen LogP contribution in [0.15, 0.2) is 18.2 Å². The third-order valence-corrected chi connectivity index (χ3v) is 3.36. The minimum Gasteiger partial charge on any atom is -0.492 e. The molecule has 0 amide bonds. The summed E-state index contributed by atoms with van der Waals surface area (Å²) in [5.74, 6) is 1.46. The maximum Gasteiger partial charge on any atom is 0.122 e. The highest BCUT2D eigenvalue weighted by molar-refractivity contribution is 5.38. The molecule has 0 aromatic heterocycles. The molecule has 2 unspecified atom stereocenters. The standard InChI is InChI=1S/C14H23NO/c1-5-10(2)13(15)9-16-14-8-6-7-11(3)12(14)4/h6-8,10,13H,5,9,15H2,1-4H3. The molecule has 1 aromatic carbocycles. The van der Waals surface area contributed by atoms with Crippen molar-refractivity contribution in [2.45, 2.75) is 40.2 Å². The monoisotopic (exact) mass is 221 g/mol. The summed E-state index contributed by atoms with van der Waals surface area (Å²) in [5, 5.41) is 0. The summed E-state index contributed by atoms with van der Waals surface area (Å²) in [7, 11) is 0. The Morgan fingerprint density at radius 3 is 2.62 bits per heavy atom. The first-order valence-electron chi connectivity index (χ1n) is 6.00. The molecule has 0 radical (unpaired) electrons. The molecular weight excluding hydrogens is 198 g/mol. The van der Waals surface area contributed by atoms with E-state index in [1.807, 2.05) is 12.1 Å². The van der Waals surface area contributed by atoms with Gasteiger partial charge in [0.2, 0.25) is 0 Å². The third-order valence-electron chi connectivity index (χ3n) is 3.36. The van der Waals surface area contributed by atoms with Gasteiger partial charge < -0.3 is 10.5 Å². The average molecular weight is 221 g/mol. The molecule has 1 aromatic rings. The number of benzene rings is 1. The number of hydrogen-bond acceptors (Lipinski definition) is 2. The van der Waals surface area contributed by atoms with E-state index >= 15 is 0 Å². The molecule has 0 fully saturated rings. The van der Waals surface area contributed by atoms with Crippen molar-refractivity contribution in [1.29, 1.82) is 0 Å². The highest BCUT2D eigenvalue weighted by Crippen LogP contribution is 2.21. The Bertz CT molecular complexity index is 336. The SMILES string of the molecule is CCC(C)C(N)COc1cccc(C)c1C. The summed E-state index contributed by atoms with van der Waals surface area (Å²) >= 11 is 0. The van der Waals surface area contributed by atoms with Crippen LogP contribution in [0, 0.1) is 19.8 Å². The summed E-state index contributed by atoms with van der Waals surface area (Å²) in [5.41, 5.74) is 8.50. The van der Waals surface area contributed by atoms with Crippen molar-refractivity contribution in [3.63, 3.8) is 0 Å². The summed E-state index contributed by atoms with van der Waals surface area (Å²) in [4.78, 5) is 0. The molecule has 0 bridgehead atoms. The minimum atomic E-state index is 0.116. The van der Waals surface area contributed by atoms with E-state index in [2.05, 4.69) is 33.8 Å². The Balaban J connectivity index is 2.58. The fourth-order valence-corrected chi connectivity index (χ4v) is 1.53. The maximum atomic E-state index is 6.04. The number of aryl methyl sites for hydroxylation is 1. The molecule has 1 rings (SSSR count). The first-order chi connectivity index (χ1) is 7.56. The van der Waals surface area contributed by atoms with E-state index in [0.717, 1.165) is 12.2 Å². The van der Waals surface area contributed by atoms with Crippen LogP contribution in [0.3, 0.4) is 0 Å². The average Bonchev–Trinajstić information content (AvgIpc) is 2.29. The van der Waals surface area contributed by atoms with Crippen molar-refractivity contribution < 1.29 is 4.74 Å². The van der Waals surface area contributed by atoms with Crippen molar-refractivity contribution >= 4 is 0 Å². The zero-order valence-electron chi connectivity index (χ0n) is 10.8. The Morgan fingerprint density at radius 2 is 2.00 bits per heavy atom. The van der Waals surface area contributed by atoms with Gasteiger partial charge in [-0.25, -0.2) is 0 Å². The van der Waals surface area contributed by atoms with E-state index < -0.39 is 0 Å². The summed E-state index contributed by atoms with van der Waals surface area (Å²) < 4.78 is 5.78. The van der Waals surface area contributed by atoms with Gasteiger partial charge in [0.25, 0.3) is 0 Å². The molecular formula is C14H23NO. The van der Waals surface area contributed by atoms with Crippen molar-refractivity contribution in [2.75, 3.05) is 6.61 Å².